The van der Waals surface area contributed by atoms with E-state index in [9.17, 15) is 8.78 Å². The van der Waals surface area contributed by atoms with Gasteiger partial charge in [0.2, 0.25) is 0 Å². The number of likely N-dealkylation sites (tertiary alicyclic amines) is 1. The number of aromatic nitrogens is 2. The Hall–Kier alpha value is -3.00. The molecule has 0 bridgehead atoms. The Labute approximate surface area is 212 Å². The maximum absolute atomic E-state index is 13.9. The number of anilines is 1. The van der Waals surface area contributed by atoms with Gasteiger partial charge in [-0.2, -0.15) is 0 Å². The van der Waals surface area contributed by atoms with Crippen LogP contribution in [0.15, 0.2) is 36.4 Å². The van der Waals surface area contributed by atoms with Crippen molar-refractivity contribution in [1.82, 2.24) is 14.9 Å². The number of hydrogen-bond acceptors (Lipinski definition) is 6. The summed E-state index contributed by atoms with van der Waals surface area (Å²) in [6.07, 6.45) is 2.22. The molecule has 1 aromatic heterocycles. The lowest BCUT2D eigenvalue weighted by Gasteiger charge is -2.36. The van der Waals surface area contributed by atoms with E-state index in [1.54, 1.807) is 13.2 Å². The quantitative estimate of drug-likeness (QED) is 0.383. The SMILES string of the molecule is COc1cc2nc(C)nc(N[C@H](C)c3cccc(C(C)(F)F)c3)c2cc1OC(C)(C)[C@@H]1CCCN1C. The zero-order chi connectivity index (χ0) is 26.3. The zero-order valence-electron chi connectivity index (χ0n) is 22.2. The first-order valence-corrected chi connectivity index (χ1v) is 12.4. The number of likely N-dealkylation sites (N-methyl/N-ethyl adjacent to an activating group) is 1. The molecule has 0 spiro atoms. The minimum absolute atomic E-state index is 0.0167. The second-order valence-corrected chi connectivity index (χ2v) is 10.4. The molecule has 0 radical (unpaired) electrons. The van der Waals surface area contributed by atoms with Crippen molar-refractivity contribution >= 4 is 16.7 Å². The van der Waals surface area contributed by atoms with Crippen LogP contribution in [-0.4, -0.2) is 47.2 Å². The van der Waals surface area contributed by atoms with Gasteiger partial charge in [-0.3, -0.25) is 4.90 Å². The lowest BCUT2D eigenvalue weighted by atomic mass is 9.96. The van der Waals surface area contributed by atoms with Crippen LogP contribution in [0, 0.1) is 6.92 Å². The van der Waals surface area contributed by atoms with Crippen LogP contribution in [-0.2, 0) is 5.92 Å². The molecular weight excluding hydrogens is 462 g/mol. The van der Waals surface area contributed by atoms with E-state index in [1.807, 2.05) is 32.0 Å². The molecule has 2 heterocycles. The van der Waals surface area contributed by atoms with Gasteiger partial charge >= 0.3 is 0 Å². The molecule has 0 aliphatic carbocycles. The van der Waals surface area contributed by atoms with Gasteiger partial charge in [0.15, 0.2) is 11.5 Å². The van der Waals surface area contributed by atoms with E-state index in [0.717, 1.165) is 37.3 Å². The number of halogens is 2. The van der Waals surface area contributed by atoms with Gasteiger partial charge in [0.25, 0.3) is 5.92 Å². The van der Waals surface area contributed by atoms with Crippen molar-refractivity contribution < 1.29 is 18.3 Å². The lowest BCUT2D eigenvalue weighted by molar-refractivity contribution is 0.0173. The van der Waals surface area contributed by atoms with Crippen LogP contribution in [0.5, 0.6) is 11.5 Å². The first-order valence-electron chi connectivity index (χ1n) is 12.4. The highest BCUT2D eigenvalue weighted by Crippen LogP contribution is 2.39. The van der Waals surface area contributed by atoms with Gasteiger partial charge in [0.1, 0.15) is 17.2 Å². The Kier molecular flexibility index (Phi) is 7.10. The lowest BCUT2D eigenvalue weighted by Crippen LogP contribution is -2.48. The van der Waals surface area contributed by atoms with Crippen molar-refractivity contribution in [3.8, 4) is 11.5 Å². The van der Waals surface area contributed by atoms with Crippen molar-refractivity contribution in [3.05, 3.63) is 53.3 Å². The Balaban J connectivity index is 1.71. The van der Waals surface area contributed by atoms with Gasteiger partial charge < -0.3 is 14.8 Å². The molecule has 1 saturated heterocycles. The Bertz CT molecular complexity index is 1240. The van der Waals surface area contributed by atoms with Crippen LogP contribution in [0.25, 0.3) is 10.9 Å². The first kappa shape index (κ1) is 26.1. The van der Waals surface area contributed by atoms with Crippen molar-refractivity contribution in [1.29, 1.82) is 0 Å². The summed E-state index contributed by atoms with van der Waals surface area (Å²) < 4.78 is 40.1. The van der Waals surface area contributed by atoms with Gasteiger partial charge in [-0.25, -0.2) is 18.7 Å². The molecule has 0 amide bonds. The summed E-state index contributed by atoms with van der Waals surface area (Å²) >= 11 is 0. The van der Waals surface area contributed by atoms with E-state index in [1.165, 1.54) is 12.1 Å². The highest BCUT2D eigenvalue weighted by Gasteiger charge is 2.38. The number of aryl methyl sites for hydroxylation is 1. The highest BCUT2D eigenvalue weighted by molar-refractivity contribution is 5.92. The molecule has 3 aromatic rings. The van der Waals surface area contributed by atoms with Crippen LogP contribution in [0.2, 0.25) is 0 Å². The van der Waals surface area contributed by atoms with Crippen LogP contribution >= 0.6 is 0 Å². The molecule has 0 unspecified atom stereocenters. The largest absolute Gasteiger partial charge is 0.493 e. The van der Waals surface area contributed by atoms with Crippen molar-refractivity contribution in [2.24, 2.45) is 0 Å². The maximum Gasteiger partial charge on any atom is 0.270 e. The van der Waals surface area contributed by atoms with Gasteiger partial charge in [0, 0.05) is 36.0 Å². The summed E-state index contributed by atoms with van der Waals surface area (Å²) in [6, 6.07) is 10.3. The predicted molar refractivity (Wildman–Crippen MR) is 139 cm³/mol. The van der Waals surface area contributed by atoms with Crippen LogP contribution in [0.1, 0.15) is 63.5 Å². The molecular formula is C28H36F2N4O2. The van der Waals surface area contributed by atoms with E-state index in [2.05, 4.69) is 41.1 Å². The monoisotopic (exact) mass is 498 g/mol. The standard InChI is InChI=1S/C28H36F2N4O2/c1-17(19-10-8-11-20(14-19)28(5,29)30)31-26-21-15-24(23(35-7)16-22(21)32-18(2)33-26)36-27(3,4)25-12-9-13-34(25)6/h8,10-11,14-17,25H,9,12-13H2,1-7H3,(H,31,32,33)/t17-,25+/m1/s1. The van der Waals surface area contributed by atoms with E-state index >= 15 is 0 Å². The van der Waals surface area contributed by atoms with E-state index in [-0.39, 0.29) is 17.6 Å². The molecule has 1 N–H and O–H groups in total. The number of hydrogen-bond donors (Lipinski definition) is 1. The van der Waals surface area contributed by atoms with Gasteiger partial charge in [-0.15, -0.1) is 0 Å². The highest BCUT2D eigenvalue weighted by atomic mass is 19.3. The number of methoxy groups -OCH3 is 1. The summed E-state index contributed by atoms with van der Waals surface area (Å²) in [5.74, 6) is -0.481. The number of nitrogens with zero attached hydrogens (tertiary/aromatic N) is 3. The zero-order valence-corrected chi connectivity index (χ0v) is 22.2. The predicted octanol–water partition coefficient (Wildman–Crippen LogP) is 6.48. The molecule has 2 atom stereocenters. The summed E-state index contributed by atoms with van der Waals surface area (Å²) in [4.78, 5) is 11.6. The second kappa shape index (κ2) is 9.81. The minimum atomic E-state index is -2.91. The molecule has 6 nitrogen and oxygen atoms in total. The number of alkyl halides is 2. The summed E-state index contributed by atoms with van der Waals surface area (Å²) in [5, 5.41) is 4.18. The van der Waals surface area contributed by atoms with Crippen LogP contribution in [0.4, 0.5) is 14.6 Å². The topological polar surface area (TPSA) is 59.5 Å². The minimum Gasteiger partial charge on any atom is -0.493 e. The third-order valence-electron chi connectivity index (χ3n) is 7.04. The van der Waals surface area contributed by atoms with E-state index in [0.29, 0.717) is 28.7 Å². The number of rotatable bonds is 8. The smallest absolute Gasteiger partial charge is 0.270 e. The molecule has 1 aliphatic heterocycles. The van der Waals surface area contributed by atoms with Gasteiger partial charge in [-0.05, 0) is 71.8 Å². The fourth-order valence-corrected chi connectivity index (χ4v) is 5.11. The van der Waals surface area contributed by atoms with Gasteiger partial charge in [0.05, 0.1) is 12.6 Å². The molecule has 36 heavy (non-hydrogen) atoms. The molecule has 1 aliphatic rings. The third kappa shape index (κ3) is 5.38. The van der Waals surface area contributed by atoms with E-state index in [4.69, 9.17) is 9.47 Å². The molecule has 1 fully saturated rings. The second-order valence-electron chi connectivity index (χ2n) is 10.4. The first-order chi connectivity index (χ1) is 16.9. The molecule has 8 heteroatoms. The number of fused-ring (bicyclic) bond motifs is 1. The Morgan fingerprint density at radius 2 is 1.86 bits per heavy atom. The molecule has 2 aromatic carbocycles. The summed E-state index contributed by atoms with van der Waals surface area (Å²) in [7, 11) is 3.75. The van der Waals surface area contributed by atoms with Crippen molar-refractivity contribution in [3.63, 3.8) is 0 Å². The maximum atomic E-state index is 13.9. The number of benzene rings is 2. The summed E-state index contributed by atoms with van der Waals surface area (Å²) in [5.41, 5.74) is 1.00. The average Bonchev–Trinajstić information content (AvgIpc) is 3.25. The fourth-order valence-electron chi connectivity index (χ4n) is 5.11. The van der Waals surface area contributed by atoms with Gasteiger partial charge in [-0.1, -0.05) is 18.2 Å². The normalized spacial score (nSPS) is 17.9. The summed E-state index contributed by atoms with van der Waals surface area (Å²) in [6.45, 7) is 9.92. The Morgan fingerprint density at radius 1 is 1.11 bits per heavy atom. The van der Waals surface area contributed by atoms with Crippen molar-refractivity contribution in [2.75, 3.05) is 26.0 Å². The average molecular weight is 499 g/mol. The molecule has 194 valence electrons. The number of ether oxygens (including phenoxy) is 2. The fraction of sp³-hybridized carbons (Fsp3) is 0.500. The van der Waals surface area contributed by atoms with Crippen LogP contribution in [0.3, 0.4) is 0 Å². The number of nitrogens with one attached hydrogen (secondary N) is 1. The molecule has 0 saturated carbocycles. The van der Waals surface area contributed by atoms with Crippen LogP contribution < -0.4 is 14.8 Å². The third-order valence-corrected chi connectivity index (χ3v) is 7.04. The molecule has 4 rings (SSSR count). The van der Waals surface area contributed by atoms with E-state index < -0.39 is 11.5 Å². The van der Waals surface area contributed by atoms with Crippen molar-refractivity contribution in [2.45, 2.75) is 71.1 Å². The Morgan fingerprint density at radius 3 is 2.50 bits per heavy atom.